The van der Waals surface area contributed by atoms with E-state index in [0.29, 0.717) is 0 Å². The second-order valence-electron chi connectivity index (χ2n) is 14.7. The normalized spacial score (nSPS) is 13.0. The van der Waals surface area contributed by atoms with Gasteiger partial charge < -0.3 is 16.9 Å². The molecular weight excluding hydrogens is 660 g/mol. The first-order valence-corrected chi connectivity index (χ1v) is 37.2. The van der Waals surface area contributed by atoms with Crippen molar-refractivity contribution in [1.82, 2.24) is 16.9 Å². The fourth-order valence-electron chi connectivity index (χ4n) is 2.68. The molecule has 0 aliphatic rings. The number of rotatable bonds is 8. The van der Waals surface area contributed by atoms with Crippen LogP contribution in [0.2, 0.25) is 131 Å². The van der Waals surface area contributed by atoms with Gasteiger partial charge in [0.25, 0.3) is 0 Å². The van der Waals surface area contributed by atoms with E-state index in [9.17, 15) is 0 Å². The van der Waals surface area contributed by atoms with Crippen LogP contribution in [-0.2, 0) is 26.2 Å². The number of nitrogens with zero attached hydrogens (tertiary/aromatic N) is 4. The molecule has 0 bridgehead atoms. The minimum Gasteiger partial charge on any atom is -0.349 e. The van der Waals surface area contributed by atoms with Crippen LogP contribution < -0.4 is 0 Å². The minimum absolute atomic E-state index is 0. The van der Waals surface area contributed by atoms with Gasteiger partial charge in [-0.2, -0.15) is 0 Å². The molecule has 0 atom stereocenters. The Labute approximate surface area is 269 Å². The van der Waals surface area contributed by atoms with E-state index in [1.165, 1.54) is 0 Å². The quantitative estimate of drug-likeness (QED) is 0.235. The molecule has 0 N–H and O–H groups in total. The Bertz CT molecular complexity index is 445. The van der Waals surface area contributed by atoms with Gasteiger partial charge in [0.15, 0.2) is 0 Å². The predicted octanol–water partition coefficient (Wildman–Crippen LogP) is 8.01. The van der Waals surface area contributed by atoms with Crippen LogP contribution in [0.5, 0.6) is 0 Å². The molecule has 0 heterocycles. The summed E-state index contributed by atoms with van der Waals surface area (Å²) in [7, 11) is 4.58. The van der Waals surface area contributed by atoms with E-state index in [-0.39, 0.29) is 62.0 Å². The van der Waals surface area contributed by atoms with Crippen LogP contribution in [0.3, 0.4) is 0 Å². The third-order valence-corrected chi connectivity index (χ3v) is 33.5. The zero-order valence-corrected chi connectivity index (χ0v) is 40.7. The molecule has 0 spiro atoms. The Morgan fingerprint density at radius 1 is 0.297 bits per heavy atom. The molecule has 0 aromatic carbocycles. The molecule has 0 rings (SSSR count). The molecule has 0 aromatic rings. The largest absolute Gasteiger partial charge is 0.349 e. The van der Waals surface area contributed by atoms with Crippen molar-refractivity contribution in [1.29, 1.82) is 0 Å². The summed E-state index contributed by atoms with van der Waals surface area (Å²) in [6.07, 6.45) is 0. The summed E-state index contributed by atoms with van der Waals surface area (Å²) in [5.74, 6) is 0. The van der Waals surface area contributed by atoms with E-state index < -0.39 is 32.9 Å². The average Bonchev–Trinajstić information content (AvgIpc) is 2.63. The van der Waals surface area contributed by atoms with Crippen LogP contribution in [0.15, 0.2) is 0 Å². The first-order valence-electron chi connectivity index (χ1n) is 13.6. The Morgan fingerprint density at radius 3 is 0.378 bits per heavy atom. The molecule has 0 fully saturated rings. The van der Waals surface area contributed by atoms with E-state index in [4.69, 9.17) is 0 Å². The third kappa shape index (κ3) is 28.4. The van der Waals surface area contributed by atoms with E-state index >= 15 is 0 Å². The summed E-state index contributed by atoms with van der Waals surface area (Å²) >= 11 is 0. The van der Waals surface area contributed by atoms with Crippen molar-refractivity contribution in [3.05, 3.63) is 0 Å². The van der Waals surface area contributed by atoms with Crippen molar-refractivity contribution in [2.75, 3.05) is 28.2 Å². The molecule has 0 saturated carbocycles. The van der Waals surface area contributed by atoms with Crippen molar-refractivity contribution < 1.29 is 26.2 Å². The molecule has 0 aliphatic heterocycles. The van der Waals surface area contributed by atoms with Crippen LogP contribution in [0.1, 0.15) is 0 Å². The van der Waals surface area contributed by atoms with E-state index in [2.05, 4.69) is 176 Å². The van der Waals surface area contributed by atoms with Crippen molar-refractivity contribution in [3.63, 3.8) is 0 Å². The Morgan fingerprint density at radius 2 is 0.378 bits per heavy atom. The van der Waals surface area contributed by atoms with Gasteiger partial charge in [0.2, 0.25) is 0 Å². The maximum atomic E-state index is 2.59. The molecular formula is C24H72N4Si8Zr. The van der Waals surface area contributed by atoms with E-state index in [1.54, 1.807) is 0 Å². The molecule has 37 heavy (non-hydrogen) atoms. The van der Waals surface area contributed by atoms with Gasteiger partial charge in [0.05, 0.1) is 0 Å². The van der Waals surface area contributed by atoms with Gasteiger partial charge in [0.1, 0.15) is 68.8 Å². The Hall–Kier alpha value is 2.46. The molecule has 224 valence electrons. The second-order valence-corrected chi connectivity index (χ2v) is 46.8. The van der Waals surface area contributed by atoms with Crippen molar-refractivity contribution in [2.45, 2.75) is 131 Å². The zero-order chi connectivity index (χ0) is 30.6. The average molecular weight is 733 g/mol. The van der Waals surface area contributed by atoms with Crippen molar-refractivity contribution in [2.24, 2.45) is 0 Å². The topological polar surface area (TPSA) is 13.0 Å². The molecule has 0 unspecified atom stereocenters. The standard InChI is InChI=1S/4C6H18NSi2.Zr/c4*1-7(8(2)3)9(4,5)6;/h4*1-6H3;. The van der Waals surface area contributed by atoms with Crippen LogP contribution in [0.4, 0.5) is 0 Å². The number of hydrogen-bond acceptors (Lipinski definition) is 4. The van der Waals surface area contributed by atoms with Crippen LogP contribution >= 0.6 is 0 Å². The van der Waals surface area contributed by atoms with Crippen molar-refractivity contribution >= 4 is 68.8 Å². The van der Waals surface area contributed by atoms with Gasteiger partial charge in [-0.05, 0) is 28.2 Å². The maximum Gasteiger partial charge on any atom is 0.122 e. The summed E-state index contributed by atoms with van der Waals surface area (Å²) in [5.41, 5.74) is 0. The molecule has 0 amide bonds. The molecule has 0 aliphatic carbocycles. The van der Waals surface area contributed by atoms with E-state index in [0.717, 1.165) is 0 Å². The van der Waals surface area contributed by atoms with Crippen molar-refractivity contribution in [3.8, 4) is 0 Å². The Kier molecular flexibility index (Phi) is 28.2. The van der Waals surface area contributed by atoms with Crippen LogP contribution in [0, 0.1) is 0 Å². The minimum atomic E-state index is -0.945. The third-order valence-electron chi connectivity index (χ3n) is 6.71. The second kappa shape index (κ2) is 21.2. The molecule has 0 saturated heterocycles. The fourth-order valence-corrected chi connectivity index (χ4v) is 24.1. The monoisotopic (exact) mass is 730 g/mol. The summed E-state index contributed by atoms with van der Waals surface area (Å²) in [4.78, 5) is 0. The summed E-state index contributed by atoms with van der Waals surface area (Å²) in [6.45, 7) is 47.5. The Balaban J connectivity index is -0.000000122. The summed E-state index contributed by atoms with van der Waals surface area (Å²) in [5, 5.41) is 0. The van der Waals surface area contributed by atoms with E-state index in [1.807, 2.05) is 0 Å². The van der Waals surface area contributed by atoms with Gasteiger partial charge >= 0.3 is 0 Å². The summed E-state index contributed by atoms with van der Waals surface area (Å²) in [6, 6.07) is 0. The smallest absolute Gasteiger partial charge is 0.122 e. The maximum absolute atomic E-state index is 2.59. The first kappa shape index (κ1) is 49.2. The van der Waals surface area contributed by atoms with Gasteiger partial charge in [-0.3, -0.25) is 0 Å². The molecule has 13 heteroatoms. The predicted molar refractivity (Wildman–Crippen MR) is 194 cm³/mol. The molecule has 0 aromatic heterocycles. The van der Waals surface area contributed by atoms with Gasteiger partial charge in [-0.1, -0.05) is 131 Å². The van der Waals surface area contributed by atoms with Gasteiger partial charge in [-0.25, -0.2) is 0 Å². The van der Waals surface area contributed by atoms with Crippen LogP contribution in [0.25, 0.3) is 0 Å². The van der Waals surface area contributed by atoms with Crippen LogP contribution in [-0.4, -0.2) is 114 Å². The number of hydrogen-bond donors (Lipinski definition) is 0. The molecule has 4 nitrogen and oxygen atoms in total. The SMILES string of the molecule is CN([Si](C)C)[Si](C)(C)C.CN([Si](C)C)[Si](C)(C)C.CN([Si](C)C)[Si](C)(C)C.CN([Si](C)C)[Si](C)(C)C.[Zr]. The fraction of sp³-hybridized carbons (Fsp3) is 1.00. The zero-order valence-electron chi connectivity index (χ0n) is 30.3. The van der Waals surface area contributed by atoms with Gasteiger partial charge in [0, 0.05) is 26.2 Å². The molecule has 4 radical (unpaired) electrons. The van der Waals surface area contributed by atoms with Gasteiger partial charge in [-0.15, -0.1) is 0 Å². The first-order chi connectivity index (χ1) is 15.4. The summed E-state index contributed by atoms with van der Waals surface area (Å²) < 4.78 is 10.4.